The van der Waals surface area contributed by atoms with Crippen LogP contribution in [0.25, 0.3) is 0 Å². The van der Waals surface area contributed by atoms with E-state index in [2.05, 4.69) is 32.3 Å². The van der Waals surface area contributed by atoms with Crippen molar-refractivity contribution in [2.45, 2.75) is 76.7 Å². The number of nitrogens with one attached hydrogen (secondary N) is 1. The number of pyridine rings is 1. The normalized spacial score (nSPS) is 19.9. The van der Waals surface area contributed by atoms with Crippen LogP contribution in [0.5, 0.6) is 0 Å². The minimum atomic E-state index is 0.606. The van der Waals surface area contributed by atoms with Crippen molar-refractivity contribution < 1.29 is 0 Å². The first-order valence-electron chi connectivity index (χ1n) is 8.23. The molecular weight excluding hydrogens is 312 g/mol. The summed E-state index contributed by atoms with van der Waals surface area (Å²) < 4.78 is 0.936. The Balaban J connectivity index is 1.87. The number of anilines is 1. The fourth-order valence-electron chi connectivity index (χ4n) is 3.02. The molecule has 1 saturated carbocycles. The van der Waals surface area contributed by atoms with Crippen LogP contribution < -0.4 is 5.32 Å². The summed E-state index contributed by atoms with van der Waals surface area (Å²) in [5.41, 5.74) is 1.14. The van der Waals surface area contributed by atoms with Crippen LogP contribution in [0, 0.1) is 0 Å². The first-order chi connectivity index (χ1) is 9.86. The second kappa shape index (κ2) is 9.38. The maximum absolute atomic E-state index is 4.30. The van der Waals surface area contributed by atoms with Gasteiger partial charge in [0.25, 0.3) is 0 Å². The molecule has 0 aliphatic heterocycles. The molecule has 0 spiro atoms. The van der Waals surface area contributed by atoms with Crippen LogP contribution in [0.4, 0.5) is 5.69 Å². The van der Waals surface area contributed by atoms with Gasteiger partial charge in [-0.15, -0.1) is 0 Å². The van der Waals surface area contributed by atoms with Crippen LogP contribution in [0.1, 0.15) is 70.6 Å². The van der Waals surface area contributed by atoms with E-state index in [-0.39, 0.29) is 0 Å². The molecule has 3 heteroatoms. The van der Waals surface area contributed by atoms with Crippen LogP contribution in [0.15, 0.2) is 22.9 Å². The first-order valence-corrected chi connectivity index (χ1v) is 9.02. The Labute approximate surface area is 131 Å². The van der Waals surface area contributed by atoms with Gasteiger partial charge in [-0.3, -0.25) is 0 Å². The van der Waals surface area contributed by atoms with Gasteiger partial charge >= 0.3 is 0 Å². The Hall–Kier alpha value is -0.570. The third-order valence-corrected chi connectivity index (χ3v) is 4.86. The van der Waals surface area contributed by atoms with Gasteiger partial charge in [0.15, 0.2) is 0 Å². The molecule has 20 heavy (non-hydrogen) atoms. The van der Waals surface area contributed by atoms with Crippen molar-refractivity contribution >= 4 is 21.6 Å². The van der Waals surface area contributed by atoms with Gasteiger partial charge in [0.05, 0.1) is 5.69 Å². The molecule has 1 aromatic rings. The molecule has 1 aromatic heterocycles. The molecule has 1 aliphatic carbocycles. The molecule has 1 fully saturated rings. The van der Waals surface area contributed by atoms with Crippen molar-refractivity contribution in [3.05, 3.63) is 22.9 Å². The Morgan fingerprint density at radius 2 is 1.45 bits per heavy atom. The minimum absolute atomic E-state index is 0.606. The molecule has 2 rings (SSSR count). The Kier molecular flexibility index (Phi) is 7.42. The maximum Gasteiger partial charge on any atom is 0.129 e. The van der Waals surface area contributed by atoms with Gasteiger partial charge < -0.3 is 5.32 Å². The highest BCUT2D eigenvalue weighted by Crippen LogP contribution is 2.23. The van der Waals surface area contributed by atoms with Crippen LogP contribution in [-0.4, -0.2) is 11.0 Å². The number of hydrogen-bond donors (Lipinski definition) is 1. The molecule has 112 valence electrons. The average molecular weight is 339 g/mol. The average Bonchev–Trinajstić information content (AvgIpc) is 2.44. The molecule has 0 amide bonds. The zero-order chi connectivity index (χ0) is 14.0. The van der Waals surface area contributed by atoms with Crippen molar-refractivity contribution in [2.75, 3.05) is 5.32 Å². The van der Waals surface area contributed by atoms with Crippen LogP contribution in [-0.2, 0) is 0 Å². The topological polar surface area (TPSA) is 24.9 Å². The number of hydrogen-bond acceptors (Lipinski definition) is 2. The summed E-state index contributed by atoms with van der Waals surface area (Å²) in [4.78, 5) is 4.30. The van der Waals surface area contributed by atoms with Crippen molar-refractivity contribution in [1.29, 1.82) is 0 Å². The lowest BCUT2D eigenvalue weighted by atomic mass is 9.98. The lowest BCUT2D eigenvalue weighted by molar-refractivity contribution is 0.480. The molecular formula is C17H27BrN2. The standard InChI is InChI=1S/C17H27BrN2/c18-17-16(13-10-14-19-17)20-15-11-8-6-4-2-1-3-5-7-9-12-15/h10,13-15,20H,1-9,11-12H2. The van der Waals surface area contributed by atoms with Gasteiger partial charge in [0.1, 0.15) is 4.60 Å². The summed E-state index contributed by atoms with van der Waals surface area (Å²) in [6.07, 6.45) is 17.1. The molecule has 0 bridgehead atoms. The predicted molar refractivity (Wildman–Crippen MR) is 90.1 cm³/mol. The molecule has 0 unspecified atom stereocenters. The summed E-state index contributed by atoms with van der Waals surface area (Å²) in [6.45, 7) is 0. The number of aromatic nitrogens is 1. The summed E-state index contributed by atoms with van der Waals surface area (Å²) >= 11 is 3.54. The fraction of sp³-hybridized carbons (Fsp3) is 0.706. The monoisotopic (exact) mass is 338 g/mol. The molecule has 0 atom stereocenters. The highest BCUT2D eigenvalue weighted by molar-refractivity contribution is 9.10. The quantitative estimate of drug-likeness (QED) is 0.676. The Morgan fingerprint density at radius 1 is 0.900 bits per heavy atom. The fourth-order valence-corrected chi connectivity index (χ4v) is 3.39. The molecule has 1 N–H and O–H groups in total. The van der Waals surface area contributed by atoms with E-state index in [0.717, 1.165) is 10.3 Å². The van der Waals surface area contributed by atoms with Crippen LogP contribution >= 0.6 is 15.9 Å². The highest BCUT2D eigenvalue weighted by atomic mass is 79.9. The van der Waals surface area contributed by atoms with Gasteiger partial charge in [0, 0.05) is 12.2 Å². The first kappa shape index (κ1) is 15.8. The smallest absolute Gasteiger partial charge is 0.129 e. The molecule has 1 aliphatic rings. The number of nitrogens with zero attached hydrogens (tertiary/aromatic N) is 1. The van der Waals surface area contributed by atoms with Crippen molar-refractivity contribution in [3.8, 4) is 0 Å². The highest BCUT2D eigenvalue weighted by Gasteiger charge is 2.11. The maximum atomic E-state index is 4.30. The van der Waals surface area contributed by atoms with E-state index in [1.807, 2.05) is 12.3 Å². The minimum Gasteiger partial charge on any atom is -0.380 e. The Bertz CT molecular complexity index is 369. The molecule has 0 radical (unpaired) electrons. The molecule has 2 nitrogen and oxygen atoms in total. The van der Waals surface area contributed by atoms with Gasteiger partial charge in [-0.25, -0.2) is 4.98 Å². The van der Waals surface area contributed by atoms with E-state index in [1.165, 1.54) is 70.6 Å². The summed E-state index contributed by atoms with van der Waals surface area (Å²) in [7, 11) is 0. The van der Waals surface area contributed by atoms with Crippen molar-refractivity contribution in [1.82, 2.24) is 4.98 Å². The van der Waals surface area contributed by atoms with Crippen LogP contribution in [0.3, 0.4) is 0 Å². The van der Waals surface area contributed by atoms with E-state index in [0.29, 0.717) is 6.04 Å². The van der Waals surface area contributed by atoms with E-state index in [4.69, 9.17) is 0 Å². The van der Waals surface area contributed by atoms with Gasteiger partial charge in [0.2, 0.25) is 0 Å². The lowest BCUT2D eigenvalue weighted by Gasteiger charge is -2.21. The van der Waals surface area contributed by atoms with Gasteiger partial charge in [-0.1, -0.05) is 57.8 Å². The van der Waals surface area contributed by atoms with Gasteiger partial charge in [-0.05, 0) is 40.9 Å². The third-order valence-electron chi connectivity index (χ3n) is 4.22. The SMILES string of the molecule is Brc1ncccc1NC1CCCCCCCCCCC1. The van der Waals surface area contributed by atoms with Crippen LogP contribution in [0.2, 0.25) is 0 Å². The van der Waals surface area contributed by atoms with Crippen molar-refractivity contribution in [2.24, 2.45) is 0 Å². The molecule has 0 aromatic carbocycles. The second-order valence-electron chi connectivity index (χ2n) is 5.94. The lowest BCUT2D eigenvalue weighted by Crippen LogP contribution is -2.20. The third kappa shape index (κ3) is 5.82. The summed E-state index contributed by atoms with van der Waals surface area (Å²) in [6, 6.07) is 4.73. The zero-order valence-electron chi connectivity index (χ0n) is 12.4. The molecule has 0 saturated heterocycles. The number of rotatable bonds is 2. The van der Waals surface area contributed by atoms with E-state index in [9.17, 15) is 0 Å². The predicted octanol–water partition coefficient (Wildman–Crippen LogP) is 5.93. The van der Waals surface area contributed by atoms with E-state index in [1.54, 1.807) is 0 Å². The van der Waals surface area contributed by atoms with E-state index < -0.39 is 0 Å². The second-order valence-corrected chi connectivity index (χ2v) is 6.69. The zero-order valence-corrected chi connectivity index (χ0v) is 14.0. The van der Waals surface area contributed by atoms with E-state index >= 15 is 0 Å². The molecule has 1 heterocycles. The largest absolute Gasteiger partial charge is 0.380 e. The summed E-state index contributed by atoms with van der Waals surface area (Å²) in [5.74, 6) is 0. The Morgan fingerprint density at radius 3 is 2.00 bits per heavy atom. The summed E-state index contributed by atoms with van der Waals surface area (Å²) in [5, 5.41) is 3.69. The number of halogens is 1. The van der Waals surface area contributed by atoms with Gasteiger partial charge in [-0.2, -0.15) is 0 Å². The van der Waals surface area contributed by atoms with Crippen molar-refractivity contribution in [3.63, 3.8) is 0 Å².